The molecule has 1 heterocycles. The van der Waals surface area contributed by atoms with Gasteiger partial charge in [0.1, 0.15) is 5.75 Å². The van der Waals surface area contributed by atoms with Gasteiger partial charge in [0.05, 0.1) is 6.54 Å². The standard InChI is InChI=1S/C12H17N3O3/c1-2-3-7-15(8-10(13)17)12(18)11-9(16)5-4-6-14-11/h4-6,16H,2-3,7-8H2,1H3,(H2,13,17). The van der Waals surface area contributed by atoms with Gasteiger partial charge in [0.2, 0.25) is 5.91 Å². The molecule has 0 spiro atoms. The van der Waals surface area contributed by atoms with Gasteiger partial charge >= 0.3 is 0 Å². The van der Waals surface area contributed by atoms with E-state index in [4.69, 9.17) is 5.73 Å². The molecule has 1 rings (SSSR count). The second-order valence-corrected chi connectivity index (χ2v) is 3.92. The summed E-state index contributed by atoms with van der Waals surface area (Å²) >= 11 is 0. The van der Waals surface area contributed by atoms with Crippen LogP contribution in [0, 0.1) is 0 Å². The zero-order valence-electron chi connectivity index (χ0n) is 10.3. The lowest BCUT2D eigenvalue weighted by atomic mass is 10.2. The molecule has 1 aromatic rings. The van der Waals surface area contributed by atoms with Crippen molar-refractivity contribution < 1.29 is 14.7 Å². The van der Waals surface area contributed by atoms with Crippen molar-refractivity contribution in [1.29, 1.82) is 0 Å². The smallest absolute Gasteiger partial charge is 0.276 e. The van der Waals surface area contributed by atoms with Crippen molar-refractivity contribution in [1.82, 2.24) is 9.88 Å². The molecule has 0 fully saturated rings. The van der Waals surface area contributed by atoms with E-state index in [2.05, 4.69) is 4.98 Å². The molecule has 0 saturated heterocycles. The summed E-state index contributed by atoms with van der Waals surface area (Å²) in [5.41, 5.74) is 5.04. The first-order chi connectivity index (χ1) is 8.56. The molecule has 0 aliphatic carbocycles. The van der Waals surface area contributed by atoms with E-state index < -0.39 is 11.8 Å². The van der Waals surface area contributed by atoms with Gasteiger partial charge in [-0.15, -0.1) is 0 Å². The summed E-state index contributed by atoms with van der Waals surface area (Å²) in [6.45, 7) is 2.22. The predicted octanol–water partition coefficient (Wildman–Crippen LogP) is 0.515. The van der Waals surface area contributed by atoms with Gasteiger partial charge in [0.25, 0.3) is 5.91 Å². The van der Waals surface area contributed by atoms with Gasteiger partial charge in [-0.2, -0.15) is 0 Å². The van der Waals surface area contributed by atoms with Gasteiger partial charge in [-0.1, -0.05) is 13.3 Å². The van der Waals surface area contributed by atoms with E-state index in [1.807, 2.05) is 6.92 Å². The number of hydrogen-bond acceptors (Lipinski definition) is 4. The van der Waals surface area contributed by atoms with Crippen LogP contribution in [-0.2, 0) is 4.79 Å². The summed E-state index contributed by atoms with van der Waals surface area (Å²) in [5, 5.41) is 9.56. The van der Waals surface area contributed by atoms with Crippen LogP contribution in [0.1, 0.15) is 30.3 Å². The second-order valence-electron chi connectivity index (χ2n) is 3.92. The van der Waals surface area contributed by atoms with Gasteiger partial charge in [-0.3, -0.25) is 9.59 Å². The Balaban J connectivity index is 2.87. The molecule has 18 heavy (non-hydrogen) atoms. The van der Waals surface area contributed by atoms with E-state index in [1.54, 1.807) is 0 Å². The summed E-state index contributed by atoms with van der Waals surface area (Å²) in [6.07, 6.45) is 3.05. The lowest BCUT2D eigenvalue weighted by molar-refractivity contribution is -0.118. The van der Waals surface area contributed by atoms with Crippen LogP contribution in [0.3, 0.4) is 0 Å². The van der Waals surface area contributed by atoms with Crippen molar-refractivity contribution in [3.63, 3.8) is 0 Å². The molecule has 0 aliphatic rings. The maximum atomic E-state index is 12.1. The Hall–Kier alpha value is -2.11. The number of primary amides is 1. The van der Waals surface area contributed by atoms with Crippen LogP contribution >= 0.6 is 0 Å². The summed E-state index contributed by atoms with van der Waals surface area (Å²) in [6, 6.07) is 2.90. The Labute approximate surface area is 105 Å². The van der Waals surface area contributed by atoms with E-state index in [1.165, 1.54) is 23.2 Å². The van der Waals surface area contributed by atoms with Crippen molar-refractivity contribution in [3.8, 4) is 5.75 Å². The van der Waals surface area contributed by atoms with Crippen molar-refractivity contribution in [3.05, 3.63) is 24.0 Å². The molecule has 0 aliphatic heterocycles. The van der Waals surface area contributed by atoms with Gasteiger partial charge in [-0.25, -0.2) is 4.98 Å². The number of aromatic hydroxyl groups is 1. The predicted molar refractivity (Wildman–Crippen MR) is 65.9 cm³/mol. The maximum Gasteiger partial charge on any atom is 0.276 e. The summed E-state index contributed by atoms with van der Waals surface area (Å²) in [5.74, 6) is -1.27. The molecule has 0 unspecified atom stereocenters. The molecular formula is C12H17N3O3. The monoisotopic (exact) mass is 251 g/mol. The molecule has 6 heteroatoms. The number of pyridine rings is 1. The van der Waals surface area contributed by atoms with Gasteiger partial charge in [-0.05, 0) is 18.6 Å². The molecule has 98 valence electrons. The molecular weight excluding hydrogens is 234 g/mol. The summed E-state index contributed by atoms with van der Waals surface area (Å²) < 4.78 is 0. The quantitative estimate of drug-likeness (QED) is 0.770. The number of nitrogens with zero attached hydrogens (tertiary/aromatic N) is 2. The molecule has 2 amide bonds. The Kier molecular flexibility index (Phi) is 5.10. The minimum Gasteiger partial charge on any atom is -0.505 e. The summed E-state index contributed by atoms with van der Waals surface area (Å²) in [4.78, 5) is 28.2. The fourth-order valence-electron chi connectivity index (χ4n) is 1.50. The first kappa shape index (κ1) is 14.0. The second kappa shape index (κ2) is 6.58. The average Bonchev–Trinajstić information content (AvgIpc) is 2.34. The van der Waals surface area contributed by atoms with Crippen LogP contribution in [0.5, 0.6) is 5.75 Å². The van der Waals surface area contributed by atoms with Crippen LogP contribution in [-0.4, -0.2) is 39.9 Å². The van der Waals surface area contributed by atoms with Crippen LogP contribution in [0.2, 0.25) is 0 Å². The van der Waals surface area contributed by atoms with Crippen LogP contribution in [0.15, 0.2) is 18.3 Å². The number of nitrogens with two attached hydrogens (primary N) is 1. The normalized spacial score (nSPS) is 10.1. The van der Waals surface area contributed by atoms with Crippen molar-refractivity contribution in [2.45, 2.75) is 19.8 Å². The largest absolute Gasteiger partial charge is 0.505 e. The molecule has 0 radical (unpaired) electrons. The minimum absolute atomic E-state index is 0.0603. The van der Waals surface area contributed by atoms with Crippen molar-refractivity contribution in [2.24, 2.45) is 5.73 Å². The lowest BCUT2D eigenvalue weighted by Gasteiger charge is -2.20. The zero-order valence-corrected chi connectivity index (χ0v) is 10.3. The first-order valence-electron chi connectivity index (χ1n) is 5.77. The van der Waals surface area contributed by atoms with E-state index >= 15 is 0 Å². The Morgan fingerprint density at radius 3 is 2.78 bits per heavy atom. The fourth-order valence-corrected chi connectivity index (χ4v) is 1.50. The highest BCUT2D eigenvalue weighted by Gasteiger charge is 2.21. The van der Waals surface area contributed by atoms with E-state index in [9.17, 15) is 14.7 Å². The average molecular weight is 251 g/mol. The molecule has 6 nitrogen and oxygen atoms in total. The molecule has 0 aromatic carbocycles. The zero-order chi connectivity index (χ0) is 13.5. The third-order valence-electron chi connectivity index (χ3n) is 2.40. The highest BCUT2D eigenvalue weighted by molar-refractivity contribution is 5.96. The van der Waals surface area contributed by atoms with Crippen LogP contribution in [0.25, 0.3) is 0 Å². The van der Waals surface area contributed by atoms with Gasteiger partial charge in [0, 0.05) is 12.7 Å². The van der Waals surface area contributed by atoms with Crippen molar-refractivity contribution in [2.75, 3.05) is 13.1 Å². The number of aromatic nitrogens is 1. The molecule has 0 bridgehead atoms. The van der Waals surface area contributed by atoms with Gasteiger partial charge in [0.15, 0.2) is 5.69 Å². The Bertz CT molecular complexity index is 434. The SMILES string of the molecule is CCCCN(CC(N)=O)C(=O)c1ncccc1O. The number of unbranched alkanes of at least 4 members (excludes halogenated alkanes) is 1. The number of carbonyl (C=O) groups excluding carboxylic acids is 2. The maximum absolute atomic E-state index is 12.1. The molecule has 3 N–H and O–H groups in total. The molecule has 0 atom stereocenters. The number of carbonyl (C=O) groups is 2. The van der Waals surface area contributed by atoms with Crippen molar-refractivity contribution >= 4 is 11.8 Å². The minimum atomic E-state index is -0.588. The topological polar surface area (TPSA) is 96.5 Å². The third kappa shape index (κ3) is 3.73. The van der Waals surface area contributed by atoms with Gasteiger partial charge < -0.3 is 15.7 Å². The molecule has 1 aromatic heterocycles. The Morgan fingerprint density at radius 2 is 2.22 bits per heavy atom. The van der Waals surface area contributed by atoms with Crippen LogP contribution in [0.4, 0.5) is 0 Å². The first-order valence-corrected chi connectivity index (χ1v) is 5.77. The Morgan fingerprint density at radius 1 is 1.50 bits per heavy atom. The highest BCUT2D eigenvalue weighted by atomic mass is 16.3. The van der Waals surface area contributed by atoms with E-state index in [0.29, 0.717) is 6.54 Å². The highest BCUT2D eigenvalue weighted by Crippen LogP contribution is 2.15. The summed E-state index contributed by atoms with van der Waals surface area (Å²) in [7, 11) is 0. The van der Waals surface area contributed by atoms with E-state index in [0.717, 1.165) is 12.8 Å². The third-order valence-corrected chi connectivity index (χ3v) is 2.40. The fraction of sp³-hybridized carbons (Fsp3) is 0.417. The lowest BCUT2D eigenvalue weighted by Crippen LogP contribution is -2.39. The number of rotatable bonds is 6. The van der Waals surface area contributed by atoms with E-state index in [-0.39, 0.29) is 18.0 Å². The molecule has 0 saturated carbocycles. The van der Waals surface area contributed by atoms with Crippen LogP contribution < -0.4 is 5.73 Å². The number of hydrogen-bond donors (Lipinski definition) is 2. The number of amides is 2.